The van der Waals surface area contributed by atoms with E-state index in [1.165, 1.54) is 12.1 Å². The van der Waals surface area contributed by atoms with Crippen molar-refractivity contribution < 1.29 is 26.7 Å². The van der Waals surface area contributed by atoms with Crippen LogP contribution in [0.4, 0.5) is 22.0 Å². The van der Waals surface area contributed by atoms with Crippen LogP contribution in [-0.4, -0.2) is 18.7 Å². The molecule has 0 aliphatic heterocycles. The Morgan fingerprint density at radius 1 is 1.06 bits per heavy atom. The molecular formula is C10H9F5O. The van der Waals surface area contributed by atoms with Gasteiger partial charge in [-0.3, -0.25) is 0 Å². The monoisotopic (exact) mass is 240 g/mol. The number of hydrogen-bond acceptors (Lipinski definition) is 1. The minimum atomic E-state index is -5.05. The third kappa shape index (κ3) is 3.77. The number of benzene rings is 1. The van der Waals surface area contributed by atoms with E-state index in [2.05, 4.69) is 4.74 Å². The average molecular weight is 240 g/mol. The van der Waals surface area contributed by atoms with Crippen molar-refractivity contribution >= 4 is 0 Å². The molecule has 0 N–H and O–H groups in total. The van der Waals surface area contributed by atoms with Gasteiger partial charge in [-0.15, -0.1) is 0 Å². The molecule has 0 amide bonds. The largest absolute Gasteiger partial charge is 0.420 e. The molecule has 0 radical (unpaired) electrons. The van der Waals surface area contributed by atoms with Crippen LogP contribution in [0.25, 0.3) is 0 Å². The Morgan fingerprint density at radius 2 is 1.62 bits per heavy atom. The van der Waals surface area contributed by atoms with Gasteiger partial charge in [0.05, 0.1) is 6.61 Å². The number of ether oxygens (including phenoxy) is 1. The predicted octanol–water partition coefficient (Wildman–Crippen LogP) is 3.40. The fraction of sp³-hybridized carbons (Fsp3) is 0.400. The van der Waals surface area contributed by atoms with Crippen molar-refractivity contribution in [3.05, 3.63) is 35.9 Å². The van der Waals surface area contributed by atoms with Gasteiger partial charge in [0.25, 0.3) is 6.43 Å². The second-order valence-corrected chi connectivity index (χ2v) is 3.09. The SMILES string of the molecule is FC(F)C(OCc1ccccc1)C(F)(F)F. The van der Waals surface area contributed by atoms with Crippen LogP contribution in [0.2, 0.25) is 0 Å². The van der Waals surface area contributed by atoms with E-state index in [1.807, 2.05) is 0 Å². The lowest BCUT2D eigenvalue weighted by Crippen LogP contribution is -2.37. The first-order chi connectivity index (χ1) is 7.41. The number of rotatable bonds is 4. The van der Waals surface area contributed by atoms with Crippen LogP contribution >= 0.6 is 0 Å². The van der Waals surface area contributed by atoms with Crippen LogP contribution in [0.5, 0.6) is 0 Å². The lowest BCUT2D eigenvalue weighted by molar-refractivity contribution is -0.256. The standard InChI is InChI=1S/C10H9F5O/c11-9(12)8(10(13,14)15)16-6-7-4-2-1-3-5-7/h1-5,8-9H,6H2. The maximum Gasteiger partial charge on any atom is 0.420 e. The second-order valence-electron chi connectivity index (χ2n) is 3.09. The summed E-state index contributed by atoms with van der Waals surface area (Å²) in [6.45, 7) is -0.491. The van der Waals surface area contributed by atoms with E-state index in [0.29, 0.717) is 5.56 Å². The van der Waals surface area contributed by atoms with Gasteiger partial charge in [-0.05, 0) is 5.56 Å². The van der Waals surface area contributed by atoms with E-state index in [0.717, 1.165) is 0 Å². The summed E-state index contributed by atoms with van der Waals surface area (Å²) in [6.07, 6.45) is -11.7. The lowest BCUT2D eigenvalue weighted by atomic mass is 10.2. The topological polar surface area (TPSA) is 9.23 Å². The highest BCUT2D eigenvalue weighted by Crippen LogP contribution is 2.28. The van der Waals surface area contributed by atoms with Crippen molar-refractivity contribution in [1.82, 2.24) is 0 Å². The van der Waals surface area contributed by atoms with Crippen LogP contribution in [0.1, 0.15) is 5.56 Å². The summed E-state index contributed by atoms with van der Waals surface area (Å²) in [7, 11) is 0. The van der Waals surface area contributed by atoms with E-state index in [9.17, 15) is 22.0 Å². The van der Waals surface area contributed by atoms with Crippen molar-refractivity contribution in [2.75, 3.05) is 0 Å². The first-order valence-corrected chi connectivity index (χ1v) is 4.41. The average Bonchev–Trinajstić information content (AvgIpc) is 2.17. The van der Waals surface area contributed by atoms with Crippen LogP contribution in [0.15, 0.2) is 30.3 Å². The van der Waals surface area contributed by atoms with Crippen molar-refractivity contribution in [3.63, 3.8) is 0 Å². The summed E-state index contributed by atoms with van der Waals surface area (Å²) in [4.78, 5) is 0. The van der Waals surface area contributed by atoms with Crippen LogP contribution in [0, 0.1) is 0 Å². The second kappa shape index (κ2) is 5.25. The van der Waals surface area contributed by atoms with Gasteiger partial charge in [-0.25, -0.2) is 8.78 Å². The van der Waals surface area contributed by atoms with Crippen LogP contribution in [0.3, 0.4) is 0 Å². The van der Waals surface area contributed by atoms with Gasteiger partial charge in [-0.1, -0.05) is 30.3 Å². The van der Waals surface area contributed by atoms with Gasteiger partial charge in [0.1, 0.15) is 0 Å². The van der Waals surface area contributed by atoms with Crippen LogP contribution < -0.4 is 0 Å². The Kier molecular flexibility index (Phi) is 4.23. The quantitative estimate of drug-likeness (QED) is 0.733. The molecule has 0 aliphatic rings. The summed E-state index contributed by atoms with van der Waals surface area (Å²) < 4.78 is 64.5. The summed E-state index contributed by atoms with van der Waals surface area (Å²) in [6, 6.07) is 7.84. The Labute approximate surface area is 88.8 Å². The van der Waals surface area contributed by atoms with E-state index >= 15 is 0 Å². The van der Waals surface area contributed by atoms with Gasteiger partial charge in [0.2, 0.25) is 6.10 Å². The molecule has 1 unspecified atom stereocenters. The van der Waals surface area contributed by atoms with Crippen molar-refractivity contribution in [2.24, 2.45) is 0 Å². The third-order valence-corrected chi connectivity index (χ3v) is 1.82. The molecule has 1 nitrogen and oxygen atoms in total. The molecule has 90 valence electrons. The molecule has 0 aromatic heterocycles. The maximum absolute atomic E-state index is 12.1. The van der Waals surface area contributed by atoms with Crippen molar-refractivity contribution in [2.45, 2.75) is 25.3 Å². The molecule has 16 heavy (non-hydrogen) atoms. The molecule has 0 saturated heterocycles. The highest BCUT2D eigenvalue weighted by molar-refractivity contribution is 5.13. The molecule has 1 atom stereocenters. The Bertz CT molecular complexity index is 309. The fourth-order valence-electron chi connectivity index (χ4n) is 1.07. The third-order valence-electron chi connectivity index (χ3n) is 1.82. The minimum absolute atomic E-state index is 0.414. The zero-order chi connectivity index (χ0) is 12.2. The van der Waals surface area contributed by atoms with Gasteiger partial charge in [0.15, 0.2) is 0 Å². The molecule has 0 aliphatic carbocycles. The molecule has 1 aromatic rings. The zero-order valence-electron chi connectivity index (χ0n) is 8.05. The molecule has 0 heterocycles. The molecule has 0 fully saturated rings. The summed E-state index contributed by atoms with van der Waals surface area (Å²) in [5, 5.41) is 0. The van der Waals surface area contributed by atoms with E-state index < -0.39 is 25.3 Å². The Balaban J connectivity index is 2.58. The van der Waals surface area contributed by atoms with Crippen molar-refractivity contribution in [1.29, 1.82) is 0 Å². The fourth-order valence-corrected chi connectivity index (χ4v) is 1.07. The molecule has 0 bridgehead atoms. The summed E-state index contributed by atoms with van der Waals surface area (Å²) >= 11 is 0. The van der Waals surface area contributed by atoms with Gasteiger partial charge in [0, 0.05) is 0 Å². The summed E-state index contributed by atoms with van der Waals surface area (Å²) in [5.74, 6) is 0. The first-order valence-electron chi connectivity index (χ1n) is 4.41. The first kappa shape index (κ1) is 12.9. The van der Waals surface area contributed by atoms with Gasteiger partial charge < -0.3 is 4.74 Å². The highest BCUT2D eigenvalue weighted by atomic mass is 19.4. The number of alkyl halides is 5. The van der Waals surface area contributed by atoms with Gasteiger partial charge >= 0.3 is 6.18 Å². The molecule has 1 aromatic carbocycles. The molecule has 0 spiro atoms. The van der Waals surface area contributed by atoms with Gasteiger partial charge in [-0.2, -0.15) is 13.2 Å². The van der Waals surface area contributed by atoms with E-state index in [4.69, 9.17) is 0 Å². The number of halogens is 5. The molecule has 6 heteroatoms. The normalized spacial score (nSPS) is 14.1. The van der Waals surface area contributed by atoms with Crippen LogP contribution in [-0.2, 0) is 11.3 Å². The Morgan fingerprint density at radius 3 is 2.06 bits per heavy atom. The van der Waals surface area contributed by atoms with Crippen molar-refractivity contribution in [3.8, 4) is 0 Å². The minimum Gasteiger partial charge on any atom is -0.359 e. The predicted molar refractivity (Wildman–Crippen MR) is 47.1 cm³/mol. The highest BCUT2D eigenvalue weighted by Gasteiger charge is 2.47. The smallest absolute Gasteiger partial charge is 0.359 e. The Hall–Kier alpha value is -1.17. The molecule has 1 rings (SSSR count). The molecule has 0 saturated carbocycles. The summed E-state index contributed by atoms with van der Waals surface area (Å²) in [5.41, 5.74) is 0.414. The zero-order valence-corrected chi connectivity index (χ0v) is 8.05. The van der Waals surface area contributed by atoms with E-state index in [1.54, 1.807) is 18.2 Å². The number of hydrogen-bond donors (Lipinski definition) is 0. The van der Waals surface area contributed by atoms with E-state index in [-0.39, 0.29) is 0 Å². The molecular weight excluding hydrogens is 231 g/mol. The lowest BCUT2D eigenvalue weighted by Gasteiger charge is -2.19. The maximum atomic E-state index is 12.1.